The Balaban J connectivity index is 1.53. The van der Waals surface area contributed by atoms with E-state index in [0.717, 1.165) is 24.3 Å². The van der Waals surface area contributed by atoms with Gasteiger partial charge in [0, 0.05) is 31.5 Å². The van der Waals surface area contributed by atoms with Gasteiger partial charge in [-0.05, 0) is 43.9 Å². The van der Waals surface area contributed by atoms with Crippen molar-refractivity contribution in [3.05, 3.63) is 66.0 Å². The van der Waals surface area contributed by atoms with Gasteiger partial charge in [-0.15, -0.1) is 0 Å². The van der Waals surface area contributed by atoms with Crippen molar-refractivity contribution in [1.29, 1.82) is 0 Å². The molecule has 0 saturated heterocycles. The highest BCUT2D eigenvalue weighted by Gasteiger charge is 2.25. The topological polar surface area (TPSA) is 83.9 Å². The highest BCUT2D eigenvalue weighted by atomic mass is 16.2. The molecule has 1 aliphatic rings. The van der Waals surface area contributed by atoms with Crippen LogP contribution in [0.1, 0.15) is 56.6 Å². The quantitative estimate of drug-likeness (QED) is 0.393. The first-order valence-corrected chi connectivity index (χ1v) is 12.5. The van der Waals surface area contributed by atoms with Gasteiger partial charge in [0.15, 0.2) is 0 Å². The van der Waals surface area contributed by atoms with E-state index in [1.54, 1.807) is 0 Å². The summed E-state index contributed by atoms with van der Waals surface area (Å²) in [5.74, 6) is 2.52. The van der Waals surface area contributed by atoms with Crippen LogP contribution >= 0.6 is 0 Å². The standard InChI is InChI=1S/C27H36N6O/c1-3-28-27-31-24(18-25(32-27)33-15-7-8-16-33)30-23(17-21-9-5-4-6-10-21)26(34)29-19-22-13-11-20(2)12-14-22/h7-8,11-16,18,21,23H,3-6,9-10,17,19H2,1-2H3,(H,29,34)(H2,28,30,31,32)/t23-/m1/s1. The Morgan fingerprint density at radius 1 is 1.09 bits per heavy atom. The van der Waals surface area contributed by atoms with E-state index in [0.29, 0.717) is 24.2 Å². The Morgan fingerprint density at radius 3 is 2.53 bits per heavy atom. The maximum absolute atomic E-state index is 13.3. The van der Waals surface area contributed by atoms with E-state index in [1.807, 2.05) is 42.1 Å². The minimum absolute atomic E-state index is 0.0114. The molecule has 1 aromatic carbocycles. The number of nitrogens with one attached hydrogen (secondary N) is 3. The third-order valence-corrected chi connectivity index (χ3v) is 6.44. The second-order valence-corrected chi connectivity index (χ2v) is 9.20. The van der Waals surface area contributed by atoms with E-state index in [-0.39, 0.29) is 11.9 Å². The normalized spacial score (nSPS) is 15.0. The van der Waals surface area contributed by atoms with Gasteiger partial charge < -0.3 is 20.5 Å². The van der Waals surface area contributed by atoms with Gasteiger partial charge in [-0.2, -0.15) is 9.97 Å². The zero-order valence-corrected chi connectivity index (χ0v) is 20.3. The minimum Gasteiger partial charge on any atom is -0.358 e. The summed E-state index contributed by atoms with van der Waals surface area (Å²) in [4.78, 5) is 22.6. The van der Waals surface area contributed by atoms with E-state index in [4.69, 9.17) is 0 Å². The SMILES string of the molecule is CCNc1nc(N[C@H](CC2CCCCC2)C(=O)NCc2ccc(C)cc2)cc(-n2cccc2)n1. The molecule has 7 heteroatoms. The lowest BCUT2D eigenvalue weighted by atomic mass is 9.84. The molecule has 0 spiro atoms. The second-order valence-electron chi connectivity index (χ2n) is 9.20. The summed E-state index contributed by atoms with van der Waals surface area (Å²) in [5, 5.41) is 9.81. The van der Waals surface area contributed by atoms with Crippen molar-refractivity contribution < 1.29 is 4.79 Å². The van der Waals surface area contributed by atoms with Crippen LogP contribution in [0.5, 0.6) is 0 Å². The van der Waals surface area contributed by atoms with Crippen molar-refractivity contribution in [1.82, 2.24) is 19.9 Å². The second kappa shape index (κ2) is 11.7. The Morgan fingerprint density at radius 2 is 1.82 bits per heavy atom. The van der Waals surface area contributed by atoms with Gasteiger partial charge in [0.1, 0.15) is 17.7 Å². The summed E-state index contributed by atoms with van der Waals surface area (Å²) >= 11 is 0. The van der Waals surface area contributed by atoms with E-state index in [9.17, 15) is 4.79 Å². The van der Waals surface area contributed by atoms with Crippen LogP contribution in [0.2, 0.25) is 0 Å². The maximum atomic E-state index is 13.3. The van der Waals surface area contributed by atoms with Crippen molar-refractivity contribution >= 4 is 17.7 Å². The third kappa shape index (κ3) is 6.59. The highest BCUT2D eigenvalue weighted by molar-refractivity contribution is 5.84. The Hall–Kier alpha value is -3.35. The van der Waals surface area contributed by atoms with Gasteiger partial charge in [-0.3, -0.25) is 4.79 Å². The predicted octanol–water partition coefficient (Wildman–Crippen LogP) is 5.07. The average Bonchev–Trinajstić information content (AvgIpc) is 3.39. The summed E-state index contributed by atoms with van der Waals surface area (Å²) < 4.78 is 1.95. The first-order chi connectivity index (χ1) is 16.6. The molecule has 1 aliphatic carbocycles. The van der Waals surface area contributed by atoms with Gasteiger partial charge in [0.2, 0.25) is 11.9 Å². The number of amides is 1. The van der Waals surface area contributed by atoms with Crippen LogP contribution in [0, 0.1) is 12.8 Å². The number of carbonyl (C=O) groups excluding carboxylic acids is 1. The number of aromatic nitrogens is 3. The zero-order valence-electron chi connectivity index (χ0n) is 20.3. The number of carbonyl (C=O) groups is 1. The Kier molecular flexibility index (Phi) is 8.17. The molecule has 34 heavy (non-hydrogen) atoms. The number of rotatable bonds is 10. The van der Waals surface area contributed by atoms with Gasteiger partial charge in [0.05, 0.1) is 0 Å². The fourth-order valence-electron chi connectivity index (χ4n) is 4.55. The molecular formula is C27H36N6O. The molecule has 0 unspecified atom stereocenters. The molecule has 1 fully saturated rings. The van der Waals surface area contributed by atoms with Crippen molar-refractivity contribution in [3.63, 3.8) is 0 Å². The lowest BCUT2D eigenvalue weighted by molar-refractivity contribution is -0.122. The number of nitrogens with zero attached hydrogens (tertiary/aromatic N) is 3. The fourth-order valence-corrected chi connectivity index (χ4v) is 4.55. The fraction of sp³-hybridized carbons (Fsp3) is 0.444. The average molecular weight is 461 g/mol. The molecule has 0 radical (unpaired) electrons. The first-order valence-electron chi connectivity index (χ1n) is 12.5. The molecule has 7 nitrogen and oxygen atoms in total. The summed E-state index contributed by atoms with van der Waals surface area (Å²) in [6.07, 6.45) is 10.9. The van der Waals surface area contributed by atoms with Crippen LogP contribution in [-0.2, 0) is 11.3 Å². The number of hydrogen-bond acceptors (Lipinski definition) is 5. The monoisotopic (exact) mass is 460 g/mol. The summed E-state index contributed by atoms with van der Waals surface area (Å²) in [7, 11) is 0. The largest absolute Gasteiger partial charge is 0.358 e. The van der Waals surface area contributed by atoms with Gasteiger partial charge in [-0.1, -0.05) is 61.9 Å². The maximum Gasteiger partial charge on any atom is 0.242 e. The van der Waals surface area contributed by atoms with E-state index < -0.39 is 0 Å². The number of aryl methyl sites for hydroxylation is 1. The molecule has 3 aromatic rings. The van der Waals surface area contributed by atoms with Crippen LogP contribution in [0.4, 0.5) is 11.8 Å². The van der Waals surface area contributed by atoms with E-state index >= 15 is 0 Å². The molecule has 2 heterocycles. The Labute approximate surface area is 202 Å². The highest BCUT2D eigenvalue weighted by Crippen LogP contribution is 2.28. The van der Waals surface area contributed by atoms with Crippen LogP contribution in [0.15, 0.2) is 54.9 Å². The van der Waals surface area contributed by atoms with Crippen LogP contribution < -0.4 is 16.0 Å². The predicted molar refractivity (Wildman–Crippen MR) is 137 cm³/mol. The van der Waals surface area contributed by atoms with Gasteiger partial charge >= 0.3 is 0 Å². The van der Waals surface area contributed by atoms with Gasteiger partial charge in [-0.25, -0.2) is 0 Å². The van der Waals surface area contributed by atoms with Crippen LogP contribution in [0.25, 0.3) is 5.82 Å². The third-order valence-electron chi connectivity index (χ3n) is 6.44. The molecule has 180 valence electrons. The summed E-state index contributed by atoms with van der Waals surface area (Å²) in [6, 6.07) is 13.8. The Bertz CT molecular complexity index is 1040. The van der Waals surface area contributed by atoms with E-state index in [2.05, 4.69) is 57.1 Å². The molecule has 4 rings (SSSR count). The number of hydrogen-bond donors (Lipinski definition) is 3. The molecule has 2 aromatic heterocycles. The molecule has 1 atom stereocenters. The number of benzene rings is 1. The van der Waals surface area contributed by atoms with Crippen LogP contribution in [-0.4, -0.2) is 33.0 Å². The van der Waals surface area contributed by atoms with Crippen molar-refractivity contribution in [3.8, 4) is 5.82 Å². The van der Waals surface area contributed by atoms with Gasteiger partial charge in [0.25, 0.3) is 0 Å². The van der Waals surface area contributed by atoms with Crippen molar-refractivity contribution in [2.75, 3.05) is 17.2 Å². The van der Waals surface area contributed by atoms with Crippen molar-refractivity contribution in [2.24, 2.45) is 5.92 Å². The molecule has 0 bridgehead atoms. The lowest BCUT2D eigenvalue weighted by Gasteiger charge is -2.27. The molecular weight excluding hydrogens is 424 g/mol. The lowest BCUT2D eigenvalue weighted by Crippen LogP contribution is -2.41. The smallest absolute Gasteiger partial charge is 0.242 e. The molecule has 0 aliphatic heterocycles. The molecule has 1 amide bonds. The van der Waals surface area contributed by atoms with Crippen molar-refractivity contribution in [2.45, 2.75) is 65.0 Å². The summed E-state index contributed by atoms with van der Waals surface area (Å²) in [6.45, 7) is 5.32. The minimum atomic E-state index is -0.351. The number of anilines is 2. The molecule has 3 N–H and O–H groups in total. The molecule has 1 saturated carbocycles. The van der Waals surface area contributed by atoms with Crippen LogP contribution in [0.3, 0.4) is 0 Å². The van der Waals surface area contributed by atoms with E-state index in [1.165, 1.54) is 37.7 Å². The first kappa shape index (κ1) is 23.8. The summed E-state index contributed by atoms with van der Waals surface area (Å²) in [5.41, 5.74) is 2.31. The zero-order chi connectivity index (χ0) is 23.8.